The lowest BCUT2D eigenvalue weighted by molar-refractivity contribution is 0.0505. The number of carbonyl (C=O) groups excluding carboxylic acids is 1. The van der Waals surface area contributed by atoms with Gasteiger partial charge in [0, 0.05) is 25.0 Å². The fourth-order valence-corrected chi connectivity index (χ4v) is 2.49. The maximum atomic E-state index is 11.7. The summed E-state index contributed by atoms with van der Waals surface area (Å²) in [6.45, 7) is 6.44. The molecule has 0 spiro atoms. The van der Waals surface area contributed by atoms with Crippen molar-refractivity contribution in [3.05, 3.63) is 18.5 Å². The van der Waals surface area contributed by atoms with Crippen LogP contribution < -0.4 is 10.6 Å². The molecule has 2 rings (SSSR count). The Morgan fingerprint density at radius 1 is 1.33 bits per heavy atom. The average molecular weight is 292 g/mol. The van der Waals surface area contributed by atoms with Gasteiger partial charge in [-0.05, 0) is 52.0 Å². The molecule has 0 bridgehead atoms. The number of nitrogens with one attached hydrogen (secondary N) is 2. The molecule has 6 nitrogen and oxygen atoms in total. The lowest BCUT2D eigenvalue weighted by atomic mass is 10.1. The molecule has 2 atom stereocenters. The number of ether oxygens (including phenoxy) is 1. The zero-order valence-electron chi connectivity index (χ0n) is 12.9. The summed E-state index contributed by atoms with van der Waals surface area (Å²) in [6, 6.07) is 1.99. The molecule has 1 aliphatic carbocycles. The van der Waals surface area contributed by atoms with E-state index in [9.17, 15) is 4.79 Å². The van der Waals surface area contributed by atoms with E-state index in [1.165, 1.54) is 0 Å². The summed E-state index contributed by atoms with van der Waals surface area (Å²) < 4.78 is 5.28. The van der Waals surface area contributed by atoms with Gasteiger partial charge < -0.3 is 15.4 Å². The minimum Gasteiger partial charge on any atom is -0.444 e. The van der Waals surface area contributed by atoms with Gasteiger partial charge in [0.05, 0.1) is 0 Å². The molecule has 0 aromatic carbocycles. The van der Waals surface area contributed by atoms with E-state index < -0.39 is 5.60 Å². The molecule has 1 amide bonds. The quantitative estimate of drug-likeness (QED) is 0.892. The van der Waals surface area contributed by atoms with Crippen LogP contribution in [0, 0.1) is 5.92 Å². The third-order valence-electron chi connectivity index (χ3n) is 3.38. The standard InChI is InChI=1S/C15H24N4O2/c1-15(2,3)21-14(20)19-12-6-5-11(9-12)10-18-13-16-7-4-8-17-13/h4,7-8,11-12H,5-6,9-10H2,1-3H3,(H,19,20)(H,16,17,18). The van der Waals surface area contributed by atoms with Crippen molar-refractivity contribution in [1.29, 1.82) is 0 Å². The zero-order valence-corrected chi connectivity index (χ0v) is 12.9. The lowest BCUT2D eigenvalue weighted by Crippen LogP contribution is -2.38. The molecule has 2 unspecified atom stereocenters. The van der Waals surface area contributed by atoms with Crippen LogP contribution >= 0.6 is 0 Å². The average Bonchev–Trinajstić information content (AvgIpc) is 2.83. The van der Waals surface area contributed by atoms with E-state index in [2.05, 4.69) is 20.6 Å². The predicted octanol–water partition coefficient (Wildman–Crippen LogP) is 2.58. The van der Waals surface area contributed by atoms with Crippen LogP contribution in [0.3, 0.4) is 0 Å². The van der Waals surface area contributed by atoms with Crippen molar-refractivity contribution in [3.63, 3.8) is 0 Å². The molecule has 1 aliphatic rings. The van der Waals surface area contributed by atoms with Crippen LogP contribution in [-0.4, -0.2) is 34.2 Å². The summed E-state index contributed by atoms with van der Waals surface area (Å²) >= 11 is 0. The fraction of sp³-hybridized carbons (Fsp3) is 0.667. The minimum absolute atomic E-state index is 0.198. The first-order valence-electron chi connectivity index (χ1n) is 7.43. The number of carbonyl (C=O) groups is 1. The van der Waals surface area contributed by atoms with Crippen molar-refractivity contribution in [2.45, 2.75) is 51.7 Å². The molecule has 2 N–H and O–H groups in total. The molecule has 0 radical (unpaired) electrons. The van der Waals surface area contributed by atoms with Crippen LogP contribution in [0.1, 0.15) is 40.0 Å². The summed E-state index contributed by atoms with van der Waals surface area (Å²) in [5.74, 6) is 1.18. The summed E-state index contributed by atoms with van der Waals surface area (Å²) in [4.78, 5) is 20.0. The van der Waals surface area contributed by atoms with Crippen molar-refractivity contribution < 1.29 is 9.53 Å². The van der Waals surface area contributed by atoms with Gasteiger partial charge in [-0.1, -0.05) is 0 Å². The minimum atomic E-state index is -0.450. The van der Waals surface area contributed by atoms with Gasteiger partial charge in [0.1, 0.15) is 5.60 Å². The number of alkyl carbamates (subject to hydrolysis) is 1. The lowest BCUT2D eigenvalue weighted by Gasteiger charge is -2.21. The number of amides is 1. The Kier molecular flexibility index (Phi) is 4.98. The van der Waals surface area contributed by atoms with Crippen LogP contribution in [-0.2, 0) is 4.74 Å². The summed E-state index contributed by atoms with van der Waals surface area (Å²) in [5.41, 5.74) is -0.450. The molecule has 116 valence electrons. The SMILES string of the molecule is CC(C)(C)OC(=O)NC1CCC(CNc2ncccn2)C1. The molecule has 6 heteroatoms. The molecular formula is C15H24N4O2. The maximum absolute atomic E-state index is 11.7. The van der Waals surface area contributed by atoms with Crippen molar-refractivity contribution >= 4 is 12.0 Å². The largest absolute Gasteiger partial charge is 0.444 e. The van der Waals surface area contributed by atoms with Crippen LogP contribution in [0.25, 0.3) is 0 Å². The Labute approximate surface area is 125 Å². The van der Waals surface area contributed by atoms with Crippen molar-refractivity contribution in [2.24, 2.45) is 5.92 Å². The first-order chi connectivity index (χ1) is 9.92. The van der Waals surface area contributed by atoms with Crippen molar-refractivity contribution in [3.8, 4) is 0 Å². The molecule has 1 fully saturated rings. The Bertz CT molecular complexity index is 458. The highest BCUT2D eigenvalue weighted by Gasteiger charge is 2.27. The van der Waals surface area contributed by atoms with Gasteiger partial charge in [-0.15, -0.1) is 0 Å². The normalized spacial score (nSPS) is 21.9. The first kappa shape index (κ1) is 15.5. The van der Waals surface area contributed by atoms with E-state index in [0.717, 1.165) is 25.8 Å². The van der Waals surface area contributed by atoms with E-state index in [0.29, 0.717) is 11.9 Å². The number of hydrogen-bond donors (Lipinski definition) is 2. The van der Waals surface area contributed by atoms with Crippen LogP contribution in [0.2, 0.25) is 0 Å². The van der Waals surface area contributed by atoms with Gasteiger partial charge in [0.25, 0.3) is 0 Å². The zero-order chi connectivity index (χ0) is 15.3. The van der Waals surface area contributed by atoms with Gasteiger partial charge in [0.15, 0.2) is 0 Å². The highest BCUT2D eigenvalue weighted by Crippen LogP contribution is 2.25. The third-order valence-corrected chi connectivity index (χ3v) is 3.38. The van der Waals surface area contributed by atoms with Gasteiger partial charge in [-0.2, -0.15) is 0 Å². The monoisotopic (exact) mass is 292 g/mol. The highest BCUT2D eigenvalue weighted by atomic mass is 16.6. The number of anilines is 1. The summed E-state index contributed by atoms with van der Waals surface area (Å²) in [6.07, 6.45) is 6.14. The highest BCUT2D eigenvalue weighted by molar-refractivity contribution is 5.68. The maximum Gasteiger partial charge on any atom is 0.407 e. The van der Waals surface area contributed by atoms with Gasteiger partial charge in [-0.3, -0.25) is 0 Å². The second-order valence-electron chi connectivity index (χ2n) is 6.48. The summed E-state index contributed by atoms with van der Waals surface area (Å²) in [5, 5.41) is 6.18. The van der Waals surface area contributed by atoms with Crippen LogP contribution in [0.15, 0.2) is 18.5 Å². The van der Waals surface area contributed by atoms with Crippen molar-refractivity contribution in [2.75, 3.05) is 11.9 Å². The summed E-state index contributed by atoms with van der Waals surface area (Å²) in [7, 11) is 0. The Hall–Kier alpha value is -1.85. The Morgan fingerprint density at radius 2 is 2.05 bits per heavy atom. The van der Waals surface area contributed by atoms with E-state index in [4.69, 9.17) is 4.74 Å². The molecule has 1 aromatic heterocycles. The first-order valence-corrected chi connectivity index (χ1v) is 7.43. The Morgan fingerprint density at radius 3 is 2.71 bits per heavy atom. The molecule has 1 heterocycles. The van der Waals surface area contributed by atoms with Gasteiger partial charge in [-0.25, -0.2) is 14.8 Å². The van der Waals surface area contributed by atoms with E-state index >= 15 is 0 Å². The van der Waals surface area contributed by atoms with E-state index in [1.807, 2.05) is 20.8 Å². The molecular weight excluding hydrogens is 268 g/mol. The number of aromatic nitrogens is 2. The number of hydrogen-bond acceptors (Lipinski definition) is 5. The molecule has 0 saturated heterocycles. The number of nitrogens with zero attached hydrogens (tertiary/aromatic N) is 2. The molecule has 21 heavy (non-hydrogen) atoms. The molecule has 1 saturated carbocycles. The van der Waals surface area contributed by atoms with Crippen LogP contribution in [0.4, 0.5) is 10.7 Å². The van der Waals surface area contributed by atoms with Crippen molar-refractivity contribution in [1.82, 2.24) is 15.3 Å². The second-order valence-corrected chi connectivity index (χ2v) is 6.48. The second kappa shape index (κ2) is 6.74. The topological polar surface area (TPSA) is 76.1 Å². The van der Waals surface area contributed by atoms with E-state index in [-0.39, 0.29) is 12.1 Å². The van der Waals surface area contributed by atoms with Gasteiger partial charge in [0.2, 0.25) is 5.95 Å². The van der Waals surface area contributed by atoms with Gasteiger partial charge >= 0.3 is 6.09 Å². The Balaban J connectivity index is 1.70. The molecule has 0 aliphatic heterocycles. The smallest absolute Gasteiger partial charge is 0.407 e. The predicted molar refractivity (Wildman–Crippen MR) is 81.0 cm³/mol. The third kappa shape index (κ3) is 5.57. The fourth-order valence-electron chi connectivity index (χ4n) is 2.49. The molecule has 1 aromatic rings. The number of rotatable bonds is 4. The van der Waals surface area contributed by atoms with E-state index in [1.54, 1.807) is 18.5 Å². The van der Waals surface area contributed by atoms with Crippen LogP contribution in [0.5, 0.6) is 0 Å².